The fourth-order valence-corrected chi connectivity index (χ4v) is 5.94. The molecule has 36 heavy (non-hydrogen) atoms. The largest absolute Gasteiger partial charge is 2.00 e. The van der Waals surface area contributed by atoms with E-state index in [9.17, 15) is 10.2 Å². The number of rotatable bonds is 7. The second-order valence-corrected chi connectivity index (χ2v) is 14.3. The van der Waals surface area contributed by atoms with Crippen LogP contribution in [0.1, 0.15) is 100 Å². The summed E-state index contributed by atoms with van der Waals surface area (Å²) < 4.78 is 0. The van der Waals surface area contributed by atoms with Crippen molar-refractivity contribution in [1.29, 1.82) is 0 Å². The van der Waals surface area contributed by atoms with Gasteiger partial charge in [0.05, 0.1) is 0 Å². The van der Waals surface area contributed by atoms with E-state index >= 15 is 0 Å². The molecule has 2 rings (SSSR count). The third kappa shape index (κ3) is 11.5. The summed E-state index contributed by atoms with van der Waals surface area (Å²) in [6.07, 6.45) is 2.01. The van der Waals surface area contributed by atoms with Gasteiger partial charge in [0.2, 0.25) is 0 Å². The fraction of sp³-hybridized carbons (Fsp3) is 0.600. The van der Waals surface area contributed by atoms with Gasteiger partial charge in [0.1, 0.15) is 0 Å². The summed E-state index contributed by atoms with van der Waals surface area (Å²) in [5.74, 6) is -0.0573. The molecule has 2 aromatic rings. The maximum atomic E-state index is 12.6. The average molecular weight is 560 g/mol. The van der Waals surface area contributed by atoms with Gasteiger partial charge in [0.15, 0.2) is 0 Å². The number of hydrogen-bond acceptors (Lipinski definition) is 5. The van der Waals surface area contributed by atoms with Crippen molar-refractivity contribution in [2.45, 2.75) is 110 Å². The van der Waals surface area contributed by atoms with E-state index in [0.29, 0.717) is 16.3 Å². The van der Waals surface area contributed by atoms with Crippen LogP contribution in [0.15, 0.2) is 46.2 Å². The van der Waals surface area contributed by atoms with Crippen molar-refractivity contribution >= 4 is 11.8 Å². The minimum Gasteiger partial charge on any atom is -0.872 e. The van der Waals surface area contributed by atoms with Crippen LogP contribution >= 0.6 is 11.8 Å². The quantitative estimate of drug-likeness (QED) is 0.273. The Labute approximate surface area is 234 Å². The van der Waals surface area contributed by atoms with Gasteiger partial charge in [-0.05, 0) is 57.8 Å². The summed E-state index contributed by atoms with van der Waals surface area (Å²) in [6, 6.07) is 11.2. The van der Waals surface area contributed by atoms with Gasteiger partial charge in [0, 0.05) is 16.3 Å². The molecule has 0 aliphatic rings. The maximum Gasteiger partial charge on any atom is 2.00 e. The van der Waals surface area contributed by atoms with Crippen molar-refractivity contribution in [1.82, 2.24) is 5.48 Å². The molecular weight excluding hydrogens is 513 g/mol. The van der Waals surface area contributed by atoms with Crippen LogP contribution < -0.4 is 15.7 Å². The van der Waals surface area contributed by atoms with E-state index in [1.165, 1.54) is 11.8 Å². The molecule has 0 aliphatic carbocycles. The van der Waals surface area contributed by atoms with Crippen molar-refractivity contribution < 1.29 is 31.9 Å². The van der Waals surface area contributed by atoms with E-state index in [2.05, 4.69) is 69.2 Å². The van der Waals surface area contributed by atoms with Gasteiger partial charge in [-0.15, -0.1) is 0 Å². The van der Waals surface area contributed by atoms with Crippen LogP contribution in [0.2, 0.25) is 0 Å². The first kappa shape index (κ1) is 34.8. The van der Waals surface area contributed by atoms with Gasteiger partial charge in [-0.1, -0.05) is 124 Å². The topological polar surface area (TPSA) is 78.4 Å². The first-order chi connectivity index (χ1) is 15.8. The molecule has 0 atom stereocenters. The van der Waals surface area contributed by atoms with Gasteiger partial charge in [0.25, 0.3) is 0 Å². The third-order valence-corrected chi connectivity index (χ3v) is 6.85. The molecule has 0 aromatic heterocycles. The molecule has 4 nitrogen and oxygen atoms in total. The van der Waals surface area contributed by atoms with Gasteiger partial charge >= 0.3 is 16.5 Å². The van der Waals surface area contributed by atoms with E-state index in [-0.39, 0.29) is 49.7 Å². The van der Waals surface area contributed by atoms with Crippen molar-refractivity contribution in [3.8, 4) is 11.5 Å². The zero-order valence-electron chi connectivity index (χ0n) is 24.1. The Morgan fingerprint density at radius 2 is 1.00 bits per heavy atom. The number of benzene rings is 2. The van der Waals surface area contributed by atoms with Crippen LogP contribution in [0.5, 0.6) is 11.5 Å². The molecule has 0 aliphatic heterocycles. The summed E-state index contributed by atoms with van der Waals surface area (Å²) in [4.78, 5) is 1.25. The minimum absolute atomic E-state index is 0. The van der Waals surface area contributed by atoms with Crippen molar-refractivity contribution in [3.05, 3.63) is 47.5 Å². The molecule has 0 spiro atoms. The van der Waals surface area contributed by atoms with E-state index in [4.69, 9.17) is 5.21 Å². The van der Waals surface area contributed by atoms with Crippen LogP contribution in [-0.2, 0) is 27.3 Å². The second kappa shape index (κ2) is 13.6. The Morgan fingerprint density at radius 3 is 1.25 bits per heavy atom. The Kier molecular flexibility index (Phi) is 13.1. The van der Waals surface area contributed by atoms with Gasteiger partial charge in [-0.25, -0.2) is 5.48 Å². The van der Waals surface area contributed by atoms with Crippen LogP contribution in [0.25, 0.3) is 0 Å². The SMILES string of the molecule is CC(C)(C)CC(C)(C)c1ccc([O-])c(Sc2cc(C(C)(C)CC(C)(C)C)ccc2[O-])c1.CCNO.[Ni+2]. The van der Waals surface area contributed by atoms with Crippen LogP contribution in [0.3, 0.4) is 0 Å². The summed E-state index contributed by atoms with van der Waals surface area (Å²) in [5, 5.41) is 32.9. The molecule has 0 heterocycles. The van der Waals surface area contributed by atoms with Gasteiger partial charge < -0.3 is 15.4 Å². The van der Waals surface area contributed by atoms with E-state index in [0.717, 1.165) is 24.0 Å². The van der Waals surface area contributed by atoms with Crippen LogP contribution in [0, 0.1) is 10.8 Å². The Bertz CT molecular complexity index is 882. The standard InChI is InChI=1S/C28H42O2S.C2H7NO.Ni/c1-25(2,3)17-27(7,8)19-11-13-21(29)23(15-19)31-24-16-20(12-14-22(24)30)28(9,10)18-26(4,5)6;1-2-3-4;/h11-16,29-30H,17-18H2,1-10H3;3-4H,2H2,1H3;/q;;+2/p-2. The van der Waals surface area contributed by atoms with E-state index < -0.39 is 0 Å². The molecule has 0 bridgehead atoms. The van der Waals surface area contributed by atoms with Crippen LogP contribution in [-0.4, -0.2) is 11.8 Å². The zero-order valence-corrected chi connectivity index (χ0v) is 25.9. The third-order valence-electron chi connectivity index (χ3n) is 5.77. The molecule has 6 heteroatoms. The molecule has 0 fully saturated rings. The molecule has 2 N–H and O–H groups in total. The van der Waals surface area contributed by atoms with Gasteiger partial charge in [-0.3, -0.25) is 0 Å². The number of hydrogen-bond donors (Lipinski definition) is 2. The normalized spacial score (nSPS) is 12.4. The van der Waals surface area contributed by atoms with Gasteiger partial charge in [-0.2, -0.15) is 0 Å². The zero-order chi connectivity index (χ0) is 27.2. The first-order valence-electron chi connectivity index (χ1n) is 12.5. The molecule has 2 aromatic carbocycles. The number of hydroxylamine groups is 1. The molecule has 0 saturated heterocycles. The smallest absolute Gasteiger partial charge is 0.872 e. The van der Waals surface area contributed by atoms with Crippen molar-refractivity contribution in [2.24, 2.45) is 10.8 Å². The molecule has 0 amide bonds. The summed E-state index contributed by atoms with van der Waals surface area (Å²) in [5.41, 5.74) is 4.46. The summed E-state index contributed by atoms with van der Waals surface area (Å²) in [6.45, 7) is 24.8. The number of nitrogens with one attached hydrogen (secondary N) is 1. The second-order valence-electron chi connectivity index (χ2n) is 13.2. The van der Waals surface area contributed by atoms with E-state index in [1.54, 1.807) is 12.1 Å². The minimum atomic E-state index is -0.0574. The van der Waals surface area contributed by atoms with Crippen LogP contribution in [0.4, 0.5) is 0 Å². The average Bonchev–Trinajstić information content (AvgIpc) is 2.67. The molecular formula is C30H47NNiO3S. The Morgan fingerprint density at radius 1 is 0.694 bits per heavy atom. The van der Waals surface area contributed by atoms with Crippen molar-refractivity contribution in [2.75, 3.05) is 6.54 Å². The van der Waals surface area contributed by atoms with Crippen molar-refractivity contribution in [3.63, 3.8) is 0 Å². The monoisotopic (exact) mass is 559 g/mol. The summed E-state index contributed by atoms with van der Waals surface area (Å²) in [7, 11) is 0. The summed E-state index contributed by atoms with van der Waals surface area (Å²) >= 11 is 1.31. The molecule has 0 saturated carbocycles. The van der Waals surface area contributed by atoms with E-state index in [1.807, 2.05) is 36.7 Å². The predicted octanol–water partition coefficient (Wildman–Crippen LogP) is 7.40. The molecule has 206 valence electrons. The predicted molar refractivity (Wildman–Crippen MR) is 146 cm³/mol. The Hall–Kier alpha value is -1.20. The fourth-order valence-electron chi connectivity index (χ4n) is 4.99. The Balaban J connectivity index is 0.00000227. The molecule has 0 unspecified atom stereocenters. The molecule has 0 radical (unpaired) electrons. The maximum absolute atomic E-state index is 12.6. The first-order valence-corrected chi connectivity index (χ1v) is 13.3.